The van der Waals surface area contributed by atoms with Crippen LogP contribution in [0.3, 0.4) is 0 Å². The van der Waals surface area contributed by atoms with Crippen molar-refractivity contribution in [3.63, 3.8) is 0 Å². The van der Waals surface area contributed by atoms with Gasteiger partial charge in [0.2, 0.25) is 0 Å². The van der Waals surface area contributed by atoms with Crippen LogP contribution in [0.2, 0.25) is 0 Å². The van der Waals surface area contributed by atoms with Crippen molar-refractivity contribution in [1.82, 2.24) is 9.96 Å². The molecule has 1 heterocycles. The van der Waals surface area contributed by atoms with Crippen LogP contribution >= 0.6 is 8.35 Å². The zero-order valence-corrected chi connectivity index (χ0v) is 8.38. The number of nitrogens with zero attached hydrogens (tertiary/aromatic N) is 1. The van der Waals surface area contributed by atoms with E-state index < -0.39 is 0 Å². The standard InChI is InChI=1S/C10H11N2P/c1-8-10(13-12-11-8)7-9-5-3-2-4-6-9/h2-6H,7H2,1H3,(H,11,12). The normalized spacial score (nSPS) is 10.8. The molecule has 0 spiro atoms. The van der Waals surface area contributed by atoms with Crippen molar-refractivity contribution in [2.45, 2.75) is 13.3 Å². The van der Waals surface area contributed by atoms with E-state index in [2.05, 4.69) is 41.1 Å². The zero-order valence-electron chi connectivity index (χ0n) is 7.49. The second-order valence-corrected chi connectivity index (χ2v) is 3.99. The molecule has 2 aromatic rings. The minimum atomic E-state index is 1.00. The molecule has 0 radical (unpaired) electrons. The number of aromatic amines is 1. The fourth-order valence-electron chi connectivity index (χ4n) is 1.26. The Balaban J connectivity index is 2.20. The molecule has 0 bridgehead atoms. The van der Waals surface area contributed by atoms with Gasteiger partial charge in [-0.2, -0.15) is 4.86 Å². The Morgan fingerprint density at radius 2 is 2.08 bits per heavy atom. The van der Waals surface area contributed by atoms with Crippen molar-refractivity contribution in [3.05, 3.63) is 46.9 Å². The summed E-state index contributed by atoms with van der Waals surface area (Å²) in [5.74, 6) is 0. The molecule has 66 valence electrons. The van der Waals surface area contributed by atoms with E-state index in [0.29, 0.717) is 0 Å². The number of aromatic nitrogens is 2. The van der Waals surface area contributed by atoms with Crippen molar-refractivity contribution in [2.75, 3.05) is 0 Å². The summed E-state index contributed by atoms with van der Waals surface area (Å²) in [6.45, 7) is 2.07. The third-order valence-electron chi connectivity index (χ3n) is 2.04. The van der Waals surface area contributed by atoms with Crippen LogP contribution in [0.15, 0.2) is 30.3 Å². The molecule has 0 fully saturated rings. The smallest absolute Gasteiger partial charge is 0.0663 e. The lowest BCUT2D eigenvalue weighted by Crippen LogP contribution is -1.86. The lowest BCUT2D eigenvalue weighted by Gasteiger charge is -1.97. The molecular weight excluding hydrogens is 179 g/mol. The zero-order chi connectivity index (χ0) is 9.10. The van der Waals surface area contributed by atoms with Gasteiger partial charge in [-0.25, -0.2) is 0 Å². The molecule has 0 amide bonds. The lowest BCUT2D eigenvalue weighted by molar-refractivity contribution is 1.06. The average molecular weight is 190 g/mol. The van der Waals surface area contributed by atoms with Crippen molar-refractivity contribution >= 4 is 8.35 Å². The van der Waals surface area contributed by atoms with E-state index in [1.807, 2.05) is 6.07 Å². The molecule has 0 aliphatic heterocycles. The van der Waals surface area contributed by atoms with Crippen LogP contribution in [0.4, 0.5) is 0 Å². The summed E-state index contributed by atoms with van der Waals surface area (Å²) in [6.07, 6.45) is 1.00. The number of H-pyrrole nitrogens is 1. The van der Waals surface area contributed by atoms with E-state index in [1.54, 1.807) is 0 Å². The van der Waals surface area contributed by atoms with E-state index in [9.17, 15) is 0 Å². The molecule has 0 aliphatic rings. The van der Waals surface area contributed by atoms with E-state index in [0.717, 1.165) is 14.8 Å². The molecule has 2 nitrogen and oxygen atoms in total. The molecule has 0 atom stereocenters. The Kier molecular flexibility index (Phi) is 2.42. The van der Waals surface area contributed by atoms with Crippen molar-refractivity contribution in [2.24, 2.45) is 0 Å². The number of hydrogen-bond acceptors (Lipinski definition) is 1. The molecule has 1 N–H and O–H groups in total. The maximum atomic E-state index is 4.09. The van der Waals surface area contributed by atoms with Crippen molar-refractivity contribution in [3.8, 4) is 0 Å². The minimum Gasteiger partial charge on any atom is -0.278 e. The summed E-state index contributed by atoms with van der Waals surface area (Å²) in [7, 11) is 1.07. The molecule has 0 aliphatic carbocycles. The summed E-state index contributed by atoms with van der Waals surface area (Å²) < 4.78 is 0. The third kappa shape index (κ3) is 1.96. The van der Waals surface area contributed by atoms with E-state index in [-0.39, 0.29) is 0 Å². The largest absolute Gasteiger partial charge is 0.278 e. The van der Waals surface area contributed by atoms with Crippen LogP contribution in [0, 0.1) is 6.92 Å². The third-order valence-corrected chi connectivity index (χ3v) is 2.97. The van der Waals surface area contributed by atoms with Gasteiger partial charge in [0.1, 0.15) is 0 Å². The van der Waals surface area contributed by atoms with Crippen molar-refractivity contribution < 1.29 is 0 Å². The van der Waals surface area contributed by atoms with Gasteiger partial charge in [-0.15, -0.1) is 0 Å². The maximum Gasteiger partial charge on any atom is 0.0663 e. The summed E-state index contributed by atoms with van der Waals surface area (Å²) in [6, 6.07) is 10.5. The first-order chi connectivity index (χ1) is 6.36. The fourth-order valence-corrected chi connectivity index (χ4v) is 2.03. The second-order valence-electron chi connectivity index (χ2n) is 3.05. The topological polar surface area (TPSA) is 28.7 Å². The van der Waals surface area contributed by atoms with Crippen LogP contribution in [-0.4, -0.2) is 9.96 Å². The van der Waals surface area contributed by atoms with Gasteiger partial charge in [-0.3, -0.25) is 5.10 Å². The summed E-state index contributed by atoms with van der Waals surface area (Å²) >= 11 is 0. The van der Waals surface area contributed by atoms with Crippen LogP contribution in [0.5, 0.6) is 0 Å². The number of hydrogen-bond donors (Lipinski definition) is 1. The van der Waals surface area contributed by atoms with Gasteiger partial charge in [-0.05, 0) is 12.5 Å². The predicted molar refractivity (Wildman–Crippen MR) is 55.1 cm³/mol. The molecule has 13 heavy (non-hydrogen) atoms. The van der Waals surface area contributed by atoms with Gasteiger partial charge in [0.15, 0.2) is 0 Å². The Bertz CT molecular complexity index is 381. The SMILES string of the molecule is Cc1[nH]npc1Cc1ccccc1. The Morgan fingerprint density at radius 1 is 1.31 bits per heavy atom. The fraction of sp³-hybridized carbons (Fsp3) is 0.200. The number of benzene rings is 1. The molecule has 0 saturated carbocycles. The van der Waals surface area contributed by atoms with Gasteiger partial charge in [0, 0.05) is 17.4 Å². The van der Waals surface area contributed by atoms with Crippen LogP contribution in [0.1, 0.15) is 16.6 Å². The monoisotopic (exact) mass is 190 g/mol. The highest BCUT2D eigenvalue weighted by atomic mass is 31.0. The molecule has 1 aromatic carbocycles. The number of nitrogens with one attached hydrogen (secondary N) is 1. The van der Waals surface area contributed by atoms with Crippen molar-refractivity contribution in [1.29, 1.82) is 0 Å². The van der Waals surface area contributed by atoms with E-state index >= 15 is 0 Å². The quantitative estimate of drug-likeness (QED) is 0.774. The van der Waals surface area contributed by atoms with Gasteiger partial charge >= 0.3 is 0 Å². The van der Waals surface area contributed by atoms with E-state index in [1.165, 1.54) is 16.6 Å². The predicted octanol–water partition coefficient (Wildman–Crippen LogP) is 2.89. The highest BCUT2D eigenvalue weighted by Gasteiger charge is 2.01. The van der Waals surface area contributed by atoms with Gasteiger partial charge in [-0.1, -0.05) is 30.3 Å². The molecule has 0 saturated heterocycles. The van der Waals surface area contributed by atoms with Gasteiger partial charge in [0.05, 0.1) is 8.35 Å². The first kappa shape index (κ1) is 8.46. The lowest BCUT2D eigenvalue weighted by atomic mass is 10.1. The Labute approximate surface area is 79.2 Å². The molecular formula is C10H11N2P. The van der Waals surface area contributed by atoms with Crippen LogP contribution in [0.25, 0.3) is 0 Å². The van der Waals surface area contributed by atoms with Gasteiger partial charge < -0.3 is 0 Å². The molecule has 0 unspecified atom stereocenters. The molecule has 3 heteroatoms. The van der Waals surface area contributed by atoms with E-state index in [4.69, 9.17) is 0 Å². The summed E-state index contributed by atoms with van der Waals surface area (Å²) in [4.78, 5) is 4.09. The average Bonchev–Trinajstić information content (AvgIpc) is 2.54. The second kappa shape index (κ2) is 3.71. The molecule has 2 rings (SSSR count). The number of aryl methyl sites for hydroxylation is 1. The minimum absolute atomic E-state index is 1.00. The highest BCUT2D eigenvalue weighted by molar-refractivity contribution is 7.26. The summed E-state index contributed by atoms with van der Waals surface area (Å²) in [5.41, 5.74) is 2.55. The first-order valence-corrected chi connectivity index (χ1v) is 5.11. The van der Waals surface area contributed by atoms with Crippen LogP contribution in [-0.2, 0) is 6.42 Å². The maximum absolute atomic E-state index is 4.09. The first-order valence-electron chi connectivity index (χ1n) is 4.27. The Hall–Kier alpha value is -1.14. The highest BCUT2D eigenvalue weighted by Crippen LogP contribution is 2.18. The Morgan fingerprint density at radius 3 is 2.69 bits per heavy atom. The summed E-state index contributed by atoms with van der Waals surface area (Å²) in [5, 5.41) is 4.35. The van der Waals surface area contributed by atoms with Gasteiger partial charge in [0.25, 0.3) is 0 Å². The molecule has 1 aromatic heterocycles. The number of rotatable bonds is 2. The van der Waals surface area contributed by atoms with Crippen LogP contribution < -0.4 is 0 Å².